The molecule has 2 heterocycles. The van der Waals surface area contributed by atoms with Crippen molar-refractivity contribution < 1.29 is 9.59 Å². The number of ketones is 1. The van der Waals surface area contributed by atoms with Crippen molar-refractivity contribution >= 4 is 33.9 Å². The number of thiazole rings is 1. The molecule has 5 nitrogen and oxygen atoms in total. The minimum absolute atomic E-state index is 0.283. The molecule has 0 aliphatic heterocycles. The fraction of sp³-hybridized carbons (Fsp3) is 0.0952. The van der Waals surface area contributed by atoms with Gasteiger partial charge in [-0.15, -0.1) is 11.3 Å². The molecular formula is C21H17N3O2S. The molecule has 0 saturated heterocycles. The maximum absolute atomic E-state index is 12.5. The standard InChI is InChI=1S/C21H17N3O2S/c1-13-12-27-21(24-13)15-6-4-5-14(9-15)10-23-20(26)19(25)17-11-22-18-8-3-2-7-16(17)18/h2-9,11-12,22H,10H2,1H3,(H,23,26). The lowest BCUT2D eigenvalue weighted by Crippen LogP contribution is -2.30. The molecule has 2 N–H and O–H groups in total. The molecule has 0 aliphatic carbocycles. The van der Waals surface area contributed by atoms with Crippen LogP contribution in [0, 0.1) is 6.92 Å². The van der Waals surface area contributed by atoms with E-state index in [-0.39, 0.29) is 6.54 Å². The molecule has 4 aromatic rings. The number of hydrogen-bond acceptors (Lipinski definition) is 4. The molecule has 0 unspecified atom stereocenters. The monoisotopic (exact) mass is 375 g/mol. The van der Waals surface area contributed by atoms with Crippen molar-refractivity contribution in [1.82, 2.24) is 15.3 Å². The Morgan fingerprint density at radius 3 is 2.81 bits per heavy atom. The Morgan fingerprint density at radius 2 is 2.00 bits per heavy atom. The summed E-state index contributed by atoms with van der Waals surface area (Å²) >= 11 is 1.58. The first-order chi connectivity index (χ1) is 13.1. The molecule has 4 rings (SSSR count). The summed E-state index contributed by atoms with van der Waals surface area (Å²) in [7, 11) is 0. The number of aryl methyl sites for hydroxylation is 1. The number of aromatic amines is 1. The van der Waals surface area contributed by atoms with Crippen molar-refractivity contribution in [2.45, 2.75) is 13.5 Å². The summed E-state index contributed by atoms with van der Waals surface area (Å²) in [5, 5.41) is 6.41. The highest BCUT2D eigenvalue weighted by Crippen LogP contribution is 2.24. The first kappa shape index (κ1) is 17.2. The zero-order valence-corrected chi connectivity index (χ0v) is 15.5. The van der Waals surface area contributed by atoms with Gasteiger partial charge in [-0.25, -0.2) is 4.98 Å². The van der Waals surface area contributed by atoms with Gasteiger partial charge in [-0.1, -0.05) is 36.4 Å². The lowest BCUT2D eigenvalue weighted by Gasteiger charge is -2.06. The smallest absolute Gasteiger partial charge is 0.292 e. The lowest BCUT2D eigenvalue weighted by molar-refractivity contribution is -0.117. The van der Waals surface area contributed by atoms with Crippen LogP contribution >= 0.6 is 11.3 Å². The fourth-order valence-electron chi connectivity index (χ4n) is 2.95. The Bertz CT molecular complexity index is 1140. The van der Waals surface area contributed by atoms with Crippen LogP contribution in [0.1, 0.15) is 21.6 Å². The van der Waals surface area contributed by atoms with Crippen molar-refractivity contribution in [2.75, 3.05) is 0 Å². The Kier molecular flexibility index (Phi) is 4.56. The molecule has 0 spiro atoms. The van der Waals surface area contributed by atoms with E-state index in [1.807, 2.05) is 60.8 Å². The molecule has 0 atom stereocenters. The van der Waals surface area contributed by atoms with E-state index in [1.54, 1.807) is 17.5 Å². The highest BCUT2D eigenvalue weighted by Gasteiger charge is 2.19. The van der Waals surface area contributed by atoms with E-state index in [0.29, 0.717) is 5.56 Å². The third-order valence-electron chi connectivity index (χ3n) is 4.29. The largest absolute Gasteiger partial charge is 0.360 e. The summed E-state index contributed by atoms with van der Waals surface area (Å²) in [5.41, 5.74) is 4.12. The number of carbonyl (C=O) groups excluding carboxylic acids is 2. The summed E-state index contributed by atoms with van der Waals surface area (Å²) in [4.78, 5) is 32.3. The van der Waals surface area contributed by atoms with Gasteiger partial charge in [-0.05, 0) is 24.6 Å². The summed E-state index contributed by atoms with van der Waals surface area (Å²) < 4.78 is 0. The maximum atomic E-state index is 12.5. The van der Waals surface area contributed by atoms with Gasteiger partial charge < -0.3 is 10.3 Å². The van der Waals surface area contributed by atoms with Gasteiger partial charge in [0.05, 0.1) is 5.56 Å². The lowest BCUT2D eigenvalue weighted by atomic mass is 10.1. The van der Waals surface area contributed by atoms with Crippen molar-refractivity contribution in [1.29, 1.82) is 0 Å². The van der Waals surface area contributed by atoms with Crippen LogP contribution in [0.15, 0.2) is 60.1 Å². The number of para-hydroxylation sites is 1. The number of nitrogens with zero attached hydrogens (tertiary/aromatic N) is 1. The zero-order chi connectivity index (χ0) is 18.8. The van der Waals surface area contributed by atoms with Crippen molar-refractivity contribution in [3.8, 4) is 10.6 Å². The Balaban J connectivity index is 1.47. The molecule has 0 radical (unpaired) electrons. The number of aromatic nitrogens is 2. The first-order valence-corrected chi connectivity index (χ1v) is 9.40. The van der Waals surface area contributed by atoms with E-state index in [4.69, 9.17) is 0 Å². The molecule has 27 heavy (non-hydrogen) atoms. The Hall–Kier alpha value is -3.25. The summed E-state index contributed by atoms with van der Waals surface area (Å²) in [5.74, 6) is -1.16. The van der Waals surface area contributed by atoms with Crippen LogP contribution in [-0.2, 0) is 11.3 Å². The molecule has 0 bridgehead atoms. The van der Waals surface area contributed by atoms with Gasteiger partial charge in [0.2, 0.25) is 0 Å². The van der Waals surface area contributed by atoms with Crippen molar-refractivity contribution in [3.63, 3.8) is 0 Å². The molecule has 1 amide bonds. The van der Waals surface area contributed by atoms with Crippen molar-refractivity contribution in [3.05, 3.63) is 76.9 Å². The van der Waals surface area contributed by atoms with Crippen molar-refractivity contribution in [2.24, 2.45) is 0 Å². The summed E-state index contributed by atoms with van der Waals surface area (Å²) in [6.07, 6.45) is 1.58. The zero-order valence-electron chi connectivity index (χ0n) is 14.7. The molecule has 0 saturated carbocycles. The molecule has 2 aromatic heterocycles. The highest BCUT2D eigenvalue weighted by atomic mass is 32.1. The fourth-order valence-corrected chi connectivity index (χ4v) is 3.74. The van der Waals surface area contributed by atoms with E-state index < -0.39 is 11.7 Å². The van der Waals surface area contributed by atoms with Crippen LogP contribution < -0.4 is 5.32 Å². The second-order valence-corrected chi connectivity index (χ2v) is 7.11. The average molecular weight is 375 g/mol. The number of carbonyl (C=O) groups is 2. The predicted molar refractivity (Wildman–Crippen MR) is 107 cm³/mol. The van der Waals surface area contributed by atoms with Gasteiger partial charge >= 0.3 is 0 Å². The molecule has 0 aliphatic rings. The topological polar surface area (TPSA) is 74.8 Å². The van der Waals surface area contributed by atoms with E-state index >= 15 is 0 Å². The van der Waals surface area contributed by atoms with Gasteiger partial charge in [-0.2, -0.15) is 0 Å². The number of hydrogen-bond donors (Lipinski definition) is 2. The van der Waals surface area contributed by atoms with Crippen LogP contribution in [0.4, 0.5) is 0 Å². The minimum Gasteiger partial charge on any atom is -0.360 e. The predicted octanol–water partition coefficient (Wildman–Crippen LogP) is 4.10. The third kappa shape index (κ3) is 3.52. The van der Waals surface area contributed by atoms with Gasteiger partial charge in [0.25, 0.3) is 11.7 Å². The normalized spacial score (nSPS) is 10.9. The third-order valence-corrected chi connectivity index (χ3v) is 5.30. The number of Topliss-reactive ketones (excluding diaryl/α,β-unsaturated/α-hetero) is 1. The second kappa shape index (κ2) is 7.17. The molecule has 134 valence electrons. The number of fused-ring (bicyclic) bond motifs is 1. The molecule has 0 fully saturated rings. The number of H-pyrrole nitrogens is 1. The van der Waals surface area contributed by atoms with Crippen LogP contribution in [0.2, 0.25) is 0 Å². The van der Waals surface area contributed by atoms with Gasteiger partial charge in [0.15, 0.2) is 0 Å². The van der Waals surface area contributed by atoms with E-state index in [0.717, 1.165) is 32.7 Å². The van der Waals surface area contributed by atoms with E-state index in [2.05, 4.69) is 15.3 Å². The van der Waals surface area contributed by atoms with Gasteiger partial charge in [0.1, 0.15) is 5.01 Å². The Morgan fingerprint density at radius 1 is 1.15 bits per heavy atom. The number of amides is 1. The number of rotatable bonds is 5. The van der Waals surface area contributed by atoms with Gasteiger partial charge in [0, 0.05) is 40.3 Å². The second-order valence-electron chi connectivity index (χ2n) is 6.25. The van der Waals surface area contributed by atoms with E-state index in [1.165, 1.54) is 0 Å². The van der Waals surface area contributed by atoms with Crippen LogP contribution in [-0.4, -0.2) is 21.7 Å². The SMILES string of the molecule is Cc1csc(-c2cccc(CNC(=O)C(=O)c3c[nH]c4ccccc34)c2)n1. The van der Waals surface area contributed by atoms with Crippen LogP contribution in [0.3, 0.4) is 0 Å². The summed E-state index contributed by atoms with van der Waals surface area (Å²) in [6.45, 7) is 2.24. The minimum atomic E-state index is -0.616. The quantitative estimate of drug-likeness (QED) is 0.407. The molecule has 2 aromatic carbocycles. The number of benzene rings is 2. The average Bonchev–Trinajstić information content (AvgIpc) is 3.32. The molecular weight excluding hydrogens is 358 g/mol. The highest BCUT2D eigenvalue weighted by molar-refractivity contribution is 7.13. The van der Waals surface area contributed by atoms with Crippen LogP contribution in [0.5, 0.6) is 0 Å². The van der Waals surface area contributed by atoms with Gasteiger partial charge in [-0.3, -0.25) is 9.59 Å². The van der Waals surface area contributed by atoms with Crippen LogP contribution in [0.25, 0.3) is 21.5 Å². The van der Waals surface area contributed by atoms with E-state index in [9.17, 15) is 9.59 Å². The maximum Gasteiger partial charge on any atom is 0.292 e. The number of nitrogens with one attached hydrogen (secondary N) is 2. The molecule has 6 heteroatoms. The first-order valence-electron chi connectivity index (χ1n) is 8.52. The Labute approximate surface area is 160 Å². The summed E-state index contributed by atoms with van der Waals surface area (Å²) in [6, 6.07) is 15.2.